The van der Waals surface area contributed by atoms with Gasteiger partial charge in [-0.05, 0) is 40.0 Å². The van der Waals surface area contributed by atoms with E-state index in [0.29, 0.717) is 6.42 Å². The van der Waals surface area contributed by atoms with Crippen LogP contribution in [0, 0.1) is 13.8 Å². The molecule has 2 N–H and O–H groups in total. The largest absolute Gasteiger partial charge is 0.389 e. The van der Waals surface area contributed by atoms with Gasteiger partial charge in [-0.3, -0.25) is 4.79 Å². The molecule has 1 saturated carbocycles. The highest BCUT2D eigenvalue weighted by atomic mass is 16.5. The van der Waals surface area contributed by atoms with E-state index >= 15 is 0 Å². The van der Waals surface area contributed by atoms with Crippen molar-refractivity contribution in [3.05, 3.63) is 17.0 Å². The number of rotatable bonds is 5. The maximum absolute atomic E-state index is 12.0. The van der Waals surface area contributed by atoms with E-state index < -0.39 is 5.60 Å². The summed E-state index contributed by atoms with van der Waals surface area (Å²) in [6.45, 7) is 5.75. The Morgan fingerprint density at radius 1 is 1.45 bits per heavy atom. The van der Waals surface area contributed by atoms with E-state index in [2.05, 4.69) is 10.5 Å². The topological polar surface area (TPSA) is 75.4 Å². The lowest BCUT2D eigenvalue weighted by Gasteiger charge is -2.22. The minimum absolute atomic E-state index is 0.00398. The van der Waals surface area contributed by atoms with Gasteiger partial charge in [-0.2, -0.15) is 0 Å². The van der Waals surface area contributed by atoms with Crippen molar-refractivity contribution in [1.82, 2.24) is 10.5 Å². The van der Waals surface area contributed by atoms with E-state index in [9.17, 15) is 9.90 Å². The van der Waals surface area contributed by atoms with Crippen molar-refractivity contribution in [2.45, 2.75) is 70.9 Å². The monoisotopic (exact) mass is 280 g/mol. The van der Waals surface area contributed by atoms with E-state index in [-0.39, 0.29) is 18.4 Å². The Labute approximate surface area is 119 Å². The van der Waals surface area contributed by atoms with Crippen LogP contribution >= 0.6 is 0 Å². The van der Waals surface area contributed by atoms with Crippen LogP contribution in [-0.2, 0) is 11.2 Å². The second-order valence-electron chi connectivity index (χ2n) is 6.08. The number of amides is 1. The van der Waals surface area contributed by atoms with Crippen LogP contribution in [0.3, 0.4) is 0 Å². The van der Waals surface area contributed by atoms with Crippen LogP contribution in [0.1, 0.15) is 56.0 Å². The molecule has 1 aliphatic carbocycles. The molecule has 1 heterocycles. The van der Waals surface area contributed by atoms with Crippen molar-refractivity contribution in [2.24, 2.45) is 0 Å². The molecule has 1 unspecified atom stereocenters. The summed E-state index contributed by atoms with van der Waals surface area (Å²) in [5.74, 6) is 0.728. The summed E-state index contributed by atoms with van der Waals surface area (Å²) in [5, 5.41) is 17.1. The first-order valence-corrected chi connectivity index (χ1v) is 7.33. The summed E-state index contributed by atoms with van der Waals surface area (Å²) in [7, 11) is 0. The van der Waals surface area contributed by atoms with E-state index in [0.717, 1.165) is 42.7 Å². The van der Waals surface area contributed by atoms with Gasteiger partial charge in [-0.25, -0.2) is 0 Å². The highest BCUT2D eigenvalue weighted by Crippen LogP contribution is 2.32. The first kappa shape index (κ1) is 15.0. The fourth-order valence-electron chi connectivity index (χ4n) is 2.99. The van der Waals surface area contributed by atoms with Gasteiger partial charge in [0.25, 0.3) is 0 Å². The van der Waals surface area contributed by atoms with Crippen LogP contribution in [0.2, 0.25) is 0 Å². The molecule has 5 nitrogen and oxygen atoms in total. The van der Waals surface area contributed by atoms with Crippen LogP contribution < -0.4 is 5.32 Å². The Balaban J connectivity index is 1.85. The molecule has 1 aromatic heterocycles. The first-order valence-electron chi connectivity index (χ1n) is 7.33. The Morgan fingerprint density at radius 3 is 2.65 bits per heavy atom. The van der Waals surface area contributed by atoms with E-state index in [1.807, 2.05) is 20.8 Å². The van der Waals surface area contributed by atoms with Gasteiger partial charge in [0.1, 0.15) is 5.76 Å². The lowest BCUT2D eigenvalue weighted by Crippen LogP contribution is -2.39. The zero-order valence-corrected chi connectivity index (χ0v) is 12.5. The molecule has 1 atom stereocenters. The van der Waals surface area contributed by atoms with Crippen LogP contribution in [-0.4, -0.2) is 27.8 Å². The molecule has 112 valence electrons. The summed E-state index contributed by atoms with van der Waals surface area (Å²) < 4.78 is 5.12. The molecular weight excluding hydrogens is 256 g/mol. The van der Waals surface area contributed by atoms with Gasteiger partial charge in [-0.1, -0.05) is 18.0 Å². The third-order valence-corrected chi connectivity index (χ3v) is 4.12. The van der Waals surface area contributed by atoms with E-state index in [1.54, 1.807) is 0 Å². The Bertz CT molecular complexity index is 456. The molecule has 0 aliphatic heterocycles. The predicted octanol–water partition coefficient (Wildman–Crippen LogP) is 2.03. The van der Waals surface area contributed by atoms with Crippen molar-refractivity contribution in [3.8, 4) is 0 Å². The van der Waals surface area contributed by atoms with Gasteiger partial charge in [0.15, 0.2) is 0 Å². The molecule has 0 radical (unpaired) electrons. The molecular formula is C15H24N2O3. The van der Waals surface area contributed by atoms with Gasteiger partial charge in [0, 0.05) is 11.6 Å². The number of hydrogen-bond donors (Lipinski definition) is 2. The van der Waals surface area contributed by atoms with Gasteiger partial charge in [-0.15, -0.1) is 0 Å². The van der Waals surface area contributed by atoms with Gasteiger partial charge >= 0.3 is 0 Å². The fraction of sp³-hybridized carbons (Fsp3) is 0.733. The van der Waals surface area contributed by atoms with Crippen LogP contribution in [0.25, 0.3) is 0 Å². The van der Waals surface area contributed by atoms with Gasteiger partial charge < -0.3 is 14.9 Å². The van der Waals surface area contributed by atoms with E-state index in [4.69, 9.17) is 4.52 Å². The highest BCUT2D eigenvalue weighted by molar-refractivity contribution is 5.77. The summed E-state index contributed by atoms with van der Waals surface area (Å²) in [6.07, 6.45) is 4.40. The second kappa shape index (κ2) is 5.95. The number of carbonyl (C=O) groups is 1. The lowest BCUT2D eigenvalue weighted by molar-refractivity contribution is -0.126. The zero-order chi connectivity index (χ0) is 14.8. The predicted molar refractivity (Wildman–Crippen MR) is 75.3 cm³/mol. The third kappa shape index (κ3) is 3.60. The first-order chi connectivity index (χ1) is 9.39. The van der Waals surface area contributed by atoms with E-state index in [1.165, 1.54) is 0 Å². The van der Waals surface area contributed by atoms with Crippen molar-refractivity contribution < 1.29 is 14.4 Å². The van der Waals surface area contributed by atoms with Crippen molar-refractivity contribution in [1.29, 1.82) is 0 Å². The molecule has 1 fully saturated rings. The van der Waals surface area contributed by atoms with Gasteiger partial charge in [0.05, 0.1) is 17.7 Å². The number of nitrogens with one attached hydrogen (secondary N) is 1. The van der Waals surface area contributed by atoms with Gasteiger partial charge in [0.2, 0.25) is 5.91 Å². The highest BCUT2D eigenvalue weighted by Gasteiger charge is 2.33. The lowest BCUT2D eigenvalue weighted by atomic mass is 9.97. The number of nitrogens with zero attached hydrogens (tertiary/aromatic N) is 1. The molecule has 0 saturated heterocycles. The maximum atomic E-state index is 12.0. The number of carbonyl (C=O) groups excluding carboxylic acids is 1. The Kier molecular flexibility index (Phi) is 4.48. The van der Waals surface area contributed by atoms with Crippen molar-refractivity contribution in [2.75, 3.05) is 0 Å². The van der Waals surface area contributed by atoms with Crippen LogP contribution in [0.15, 0.2) is 4.52 Å². The Hall–Kier alpha value is -1.36. The summed E-state index contributed by atoms with van der Waals surface area (Å²) in [6, 6.07) is 0.00398. The smallest absolute Gasteiger partial charge is 0.223 e. The average Bonchev–Trinajstić information content (AvgIpc) is 2.90. The average molecular weight is 280 g/mol. The van der Waals surface area contributed by atoms with Crippen molar-refractivity contribution >= 4 is 5.91 Å². The second-order valence-corrected chi connectivity index (χ2v) is 6.08. The molecule has 1 aromatic rings. The Morgan fingerprint density at radius 2 is 2.10 bits per heavy atom. The molecule has 0 spiro atoms. The van der Waals surface area contributed by atoms with Crippen LogP contribution in [0.4, 0.5) is 0 Å². The SMILES string of the molecule is Cc1noc(C)c1CC(C)NC(=O)CC1(O)CCCC1. The minimum atomic E-state index is -0.785. The standard InChI is InChI=1S/C15H24N2O3/c1-10(8-13-11(2)17-20-12(13)3)16-14(18)9-15(19)6-4-5-7-15/h10,19H,4-9H2,1-3H3,(H,16,18). The fourth-order valence-corrected chi connectivity index (χ4v) is 2.99. The summed E-state index contributed by atoms with van der Waals surface area (Å²) in [4.78, 5) is 12.0. The maximum Gasteiger partial charge on any atom is 0.223 e. The van der Waals surface area contributed by atoms with Crippen LogP contribution in [0.5, 0.6) is 0 Å². The normalized spacial score (nSPS) is 19.0. The van der Waals surface area contributed by atoms with Crippen molar-refractivity contribution in [3.63, 3.8) is 0 Å². The number of aryl methyl sites for hydroxylation is 2. The molecule has 5 heteroatoms. The molecule has 0 bridgehead atoms. The zero-order valence-electron chi connectivity index (χ0n) is 12.5. The quantitative estimate of drug-likeness (QED) is 0.865. The number of aromatic nitrogens is 1. The molecule has 0 aromatic carbocycles. The molecule has 20 heavy (non-hydrogen) atoms. The summed E-state index contributed by atoms with van der Waals surface area (Å²) in [5.41, 5.74) is 1.14. The number of hydrogen-bond acceptors (Lipinski definition) is 4. The molecule has 1 amide bonds. The molecule has 2 rings (SSSR count). The third-order valence-electron chi connectivity index (χ3n) is 4.12. The minimum Gasteiger partial charge on any atom is -0.389 e. The number of aliphatic hydroxyl groups is 1. The molecule has 1 aliphatic rings. The summed E-state index contributed by atoms with van der Waals surface area (Å²) >= 11 is 0.